The maximum Gasteiger partial charge on any atom is 0.340 e. The van der Waals surface area contributed by atoms with Crippen molar-refractivity contribution >= 4 is 17.0 Å². The summed E-state index contributed by atoms with van der Waals surface area (Å²) in [5.41, 5.74) is 4.30. The van der Waals surface area contributed by atoms with Crippen LogP contribution in [-0.4, -0.2) is 30.4 Å². The zero-order valence-electron chi connectivity index (χ0n) is 23.0. The van der Waals surface area contributed by atoms with Crippen LogP contribution in [0, 0.1) is 23.2 Å². The molecule has 202 valence electrons. The summed E-state index contributed by atoms with van der Waals surface area (Å²) in [5, 5.41) is 14.8. The molecule has 0 saturated heterocycles. The molecule has 0 spiro atoms. The largest absolute Gasteiger partial charge is 0.340 e. The first-order valence-electron chi connectivity index (χ1n) is 14.0. The number of benzene rings is 1. The Balaban J connectivity index is 1.36. The standard InChI is InChI=1S/C31H36N6O2/c1-4-26(23-11-9-22(10-12-23)17-21(2)3)31(38)39-37-16-14-27-29(33-20-34-30(27)37)25-18-35-36(19-25)28(13-15-32)24-7-5-6-8-24/h9-12,14,16,18-21,24,26,28H,4-8,13,17H2,1-3H3/t26-,28+/m0/s1. The van der Waals surface area contributed by atoms with Crippen LogP contribution < -0.4 is 4.84 Å². The molecular weight excluding hydrogens is 488 g/mol. The fourth-order valence-corrected chi connectivity index (χ4v) is 5.84. The van der Waals surface area contributed by atoms with Crippen LogP contribution in [0.4, 0.5) is 0 Å². The van der Waals surface area contributed by atoms with Crippen molar-refractivity contribution in [3.63, 3.8) is 0 Å². The minimum Gasteiger partial charge on any atom is -0.334 e. The highest BCUT2D eigenvalue weighted by Gasteiger charge is 2.28. The Hall–Kier alpha value is -3.99. The van der Waals surface area contributed by atoms with Gasteiger partial charge in [-0.25, -0.2) is 14.8 Å². The number of rotatable bonds is 10. The van der Waals surface area contributed by atoms with E-state index < -0.39 is 0 Å². The lowest BCUT2D eigenvalue weighted by Gasteiger charge is -2.21. The molecule has 1 aliphatic carbocycles. The molecule has 8 nitrogen and oxygen atoms in total. The van der Waals surface area contributed by atoms with Gasteiger partial charge in [-0.2, -0.15) is 15.1 Å². The van der Waals surface area contributed by atoms with Gasteiger partial charge >= 0.3 is 5.97 Å². The topological polar surface area (TPSA) is 98.6 Å². The van der Waals surface area contributed by atoms with E-state index in [1.54, 1.807) is 12.4 Å². The van der Waals surface area contributed by atoms with Crippen LogP contribution in [0.2, 0.25) is 0 Å². The molecule has 0 N–H and O–H groups in total. The van der Waals surface area contributed by atoms with Crippen LogP contribution in [0.5, 0.6) is 0 Å². The summed E-state index contributed by atoms with van der Waals surface area (Å²) in [6.45, 7) is 6.39. The van der Waals surface area contributed by atoms with Gasteiger partial charge in [0, 0.05) is 23.3 Å². The minimum atomic E-state index is -0.372. The lowest BCUT2D eigenvalue weighted by Crippen LogP contribution is -2.25. The molecule has 8 heteroatoms. The number of hydrogen-bond donors (Lipinski definition) is 0. The molecule has 3 aromatic heterocycles. The van der Waals surface area contributed by atoms with Gasteiger partial charge in [0.1, 0.15) is 6.33 Å². The first-order chi connectivity index (χ1) is 19.0. The quantitative estimate of drug-likeness (QED) is 0.242. The van der Waals surface area contributed by atoms with Crippen LogP contribution in [0.15, 0.2) is 55.2 Å². The second kappa shape index (κ2) is 11.8. The molecule has 1 aliphatic rings. The number of carbonyl (C=O) groups is 1. The molecule has 0 amide bonds. The van der Waals surface area contributed by atoms with E-state index in [0.29, 0.717) is 30.3 Å². The lowest BCUT2D eigenvalue weighted by molar-refractivity contribution is -0.145. The molecule has 1 saturated carbocycles. The SMILES string of the molecule is CC[C@H](C(=O)On1ccc2c(-c3cnn([C@H](CC#N)C4CCCC4)c3)ncnc21)c1ccc(CC(C)C)cc1. The fraction of sp³-hybridized carbons (Fsp3) is 0.452. The highest BCUT2D eigenvalue weighted by atomic mass is 16.7. The number of fused-ring (bicyclic) bond motifs is 1. The molecule has 2 atom stereocenters. The third-order valence-corrected chi connectivity index (χ3v) is 7.81. The van der Waals surface area contributed by atoms with E-state index in [4.69, 9.17) is 4.84 Å². The Labute approximate surface area is 229 Å². The van der Waals surface area contributed by atoms with E-state index in [1.165, 1.54) is 29.5 Å². The summed E-state index contributed by atoms with van der Waals surface area (Å²) in [5.74, 6) is 0.358. The molecule has 39 heavy (non-hydrogen) atoms. The maximum absolute atomic E-state index is 13.2. The summed E-state index contributed by atoms with van der Waals surface area (Å²) in [4.78, 5) is 28.0. The molecule has 1 aromatic carbocycles. The molecule has 0 bridgehead atoms. The molecule has 4 aromatic rings. The average molecular weight is 525 g/mol. The van der Waals surface area contributed by atoms with Crippen molar-refractivity contribution in [3.05, 3.63) is 66.4 Å². The van der Waals surface area contributed by atoms with Crippen molar-refractivity contribution in [2.45, 2.75) is 77.7 Å². The van der Waals surface area contributed by atoms with Crippen molar-refractivity contribution in [3.8, 4) is 17.3 Å². The van der Waals surface area contributed by atoms with Crippen LogP contribution >= 0.6 is 0 Å². The van der Waals surface area contributed by atoms with E-state index in [2.05, 4.69) is 47.1 Å². The van der Waals surface area contributed by atoms with Crippen molar-refractivity contribution in [2.24, 2.45) is 11.8 Å². The fourth-order valence-electron chi connectivity index (χ4n) is 5.84. The summed E-state index contributed by atoms with van der Waals surface area (Å²) in [6, 6.07) is 12.5. The zero-order valence-corrected chi connectivity index (χ0v) is 23.0. The molecule has 3 heterocycles. The molecule has 0 unspecified atom stereocenters. The highest BCUT2D eigenvalue weighted by Crippen LogP contribution is 2.37. The van der Waals surface area contributed by atoms with Crippen LogP contribution in [0.3, 0.4) is 0 Å². The minimum absolute atomic E-state index is 0.0690. The van der Waals surface area contributed by atoms with Crippen LogP contribution in [0.25, 0.3) is 22.3 Å². The van der Waals surface area contributed by atoms with Gasteiger partial charge in [0.2, 0.25) is 0 Å². The third-order valence-electron chi connectivity index (χ3n) is 7.81. The predicted molar refractivity (Wildman–Crippen MR) is 150 cm³/mol. The highest BCUT2D eigenvalue weighted by molar-refractivity contribution is 5.91. The Kier molecular flexibility index (Phi) is 8.06. The predicted octanol–water partition coefficient (Wildman–Crippen LogP) is 6.29. The zero-order chi connectivity index (χ0) is 27.4. The molecule has 0 aliphatic heterocycles. The van der Waals surface area contributed by atoms with E-state index in [0.717, 1.165) is 41.5 Å². The molecule has 5 rings (SSSR count). The number of hydrogen-bond acceptors (Lipinski definition) is 6. The molecular formula is C31H36N6O2. The second-order valence-corrected chi connectivity index (χ2v) is 11.0. The summed E-state index contributed by atoms with van der Waals surface area (Å²) >= 11 is 0. The summed E-state index contributed by atoms with van der Waals surface area (Å²) < 4.78 is 3.36. The van der Waals surface area contributed by atoms with Gasteiger partial charge in [0.25, 0.3) is 0 Å². The summed E-state index contributed by atoms with van der Waals surface area (Å²) in [6.07, 6.45) is 13.7. The Morgan fingerprint density at radius 3 is 2.62 bits per heavy atom. The lowest BCUT2D eigenvalue weighted by atomic mass is 9.94. The second-order valence-electron chi connectivity index (χ2n) is 11.0. The van der Waals surface area contributed by atoms with Crippen molar-refractivity contribution in [1.29, 1.82) is 5.26 Å². The molecule has 1 fully saturated rings. The van der Waals surface area contributed by atoms with Gasteiger partial charge < -0.3 is 4.84 Å². The van der Waals surface area contributed by atoms with Gasteiger partial charge in [-0.1, -0.05) is 57.9 Å². The number of carbonyl (C=O) groups excluding carboxylic acids is 1. The van der Waals surface area contributed by atoms with Gasteiger partial charge in [0.05, 0.1) is 36.3 Å². The van der Waals surface area contributed by atoms with Crippen molar-refractivity contribution in [2.75, 3.05) is 0 Å². The van der Waals surface area contributed by atoms with Gasteiger partial charge in [-0.3, -0.25) is 4.68 Å². The first kappa shape index (κ1) is 26.6. The smallest absolute Gasteiger partial charge is 0.334 e. The number of nitrogens with zero attached hydrogens (tertiary/aromatic N) is 6. The third kappa shape index (κ3) is 5.73. The number of nitriles is 1. The van der Waals surface area contributed by atoms with E-state index in [9.17, 15) is 10.1 Å². The van der Waals surface area contributed by atoms with Crippen molar-refractivity contribution < 1.29 is 9.63 Å². The Morgan fingerprint density at radius 1 is 1.15 bits per heavy atom. The monoisotopic (exact) mass is 524 g/mol. The van der Waals surface area contributed by atoms with Crippen molar-refractivity contribution in [1.82, 2.24) is 24.5 Å². The van der Waals surface area contributed by atoms with Crippen LogP contribution in [0.1, 0.15) is 82.4 Å². The van der Waals surface area contributed by atoms with E-state index >= 15 is 0 Å². The van der Waals surface area contributed by atoms with Gasteiger partial charge in [-0.05, 0) is 54.7 Å². The average Bonchev–Trinajstić information content (AvgIpc) is 3.70. The van der Waals surface area contributed by atoms with Crippen LogP contribution in [-0.2, 0) is 11.2 Å². The Bertz CT molecular complexity index is 1460. The van der Waals surface area contributed by atoms with Gasteiger partial charge in [-0.15, -0.1) is 0 Å². The van der Waals surface area contributed by atoms with Gasteiger partial charge in [0.15, 0.2) is 5.65 Å². The number of aromatic nitrogens is 5. The van der Waals surface area contributed by atoms with E-state index in [-0.39, 0.29) is 17.9 Å². The normalized spacial score (nSPS) is 15.5. The first-order valence-corrected chi connectivity index (χ1v) is 14.0. The maximum atomic E-state index is 13.2. The van der Waals surface area contributed by atoms with E-state index in [1.807, 2.05) is 36.0 Å². The Morgan fingerprint density at radius 2 is 1.92 bits per heavy atom. The summed E-state index contributed by atoms with van der Waals surface area (Å²) in [7, 11) is 0. The molecule has 0 radical (unpaired) electrons.